The number of ether oxygens (including phenoxy) is 1. The molecule has 0 amide bonds. The number of hydrogen-bond acceptors (Lipinski definition) is 4. The average molecular weight is 232 g/mol. The van der Waals surface area contributed by atoms with Crippen molar-refractivity contribution >= 4 is 5.65 Å². The Morgan fingerprint density at radius 2 is 2.47 bits per heavy atom. The third-order valence-electron chi connectivity index (χ3n) is 3.14. The fourth-order valence-electron chi connectivity index (χ4n) is 2.26. The Morgan fingerprint density at radius 3 is 3.24 bits per heavy atom. The fraction of sp³-hybridized carbons (Fsp3) is 0.500. The minimum atomic E-state index is 0.286. The summed E-state index contributed by atoms with van der Waals surface area (Å²) in [6.07, 6.45) is 5.24. The Balaban J connectivity index is 1.90. The van der Waals surface area contributed by atoms with Gasteiger partial charge < -0.3 is 10.5 Å². The second-order valence-corrected chi connectivity index (χ2v) is 4.37. The molecule has 0 aliphatic carbocycles. The van der Waals surface area contributed by atoms with Crippen LogP contribution in [-0.2, 0) is 17.7 Å². The van der Waals surface area contributed by atoms with E-state index in [9.17, 15) is 0 Å². The maximum atomic E-state index is 5.68. The number of nitrogens with two attached hydrogens (primary N) is 1. The number of nitrogens with zero attached hydrogens (tertiary/aromatic N) is 3. The third-order valence-corrected chi connectivity index (χ3v) is 3.14. The zero-order valence-electron chi connectivity index (χ0n) is 9.67. The average Bonchev–Trinajstić information content (AvgIpc) is 2.97. The monoisotopic (exact) mass is 232 g/mol. The molecule has 5 heteroatoms. The molecule has 2 aromatic heterocycles. The molecule has 1 aliphatic heterocycles. The molecule has 3 heterocycles. The number of rotatable bonds is 3. The van der Waals surface area contributed by atoms with Gasteiger partial charge in [-0.1, -0.05) is 6.07 Å². The van der Waals surface area contributed by atoms with Crippen LogP contribution in [-0.4, -0.2) is 27.3 Å². The molecule has 2 aromatic rings. The second-order valence-electron chi connectivity index (χ2n) is 4.37. The van der Waals surface area contributed by atoms with Crippen molar-refractivity contribution in [2.24, 2.45) is 5.73 Å². The highest BCUT2D eigenvalue weighted by atomic mass is 16.5. The van der Waals surface area contributed by atoms with Crippen molar-refractivity contribution in [3.63, 3.8) is 0 Å². The summed E-state index contributed by atoms with van der Waals surface area (Å²) in [7, 11) is 0. The topological polar surface area (TPSA) is 65.4 Å². The summed E-state index contributed by atoms with van der Waals surface area (Å²) < 4.78 is 7.39. The maximum absolute atomic E-state index is 5.68. The molecule has 1 aliphatic rings. The van der Waals surface area contributed by atoms with Crippen molar-refractivity contribution in [1.29, 1.82) is 0 Å². The predicted octanol–water partition coefficient (Wildman–Crippen LogP) is 0.909. The van der Waals surface area contributed by atoms with Gasteiger partial charge in [0.1, 0.15) is 0 Å². The first-order chi connectivity index (χ1) is 8.36. The van der Waals surface area contributed by atoms with Gasteiger partial charge in [0, 0.05) is 31.3 Å². The maximum Gasteiger partial charge on any atom is 0.160 e. The lowest BCUT2D eigenvalue weighted by Crippen LogP contribution is -2.10. The van der Waals surface area contributed by atoms with Crippen LogP contribution in [0.3, 0.4) is 0 Å². The summed E-state index contributed by atoms with van der Waals surface area (Å²) in [4.78, 5) is 4.54. The minimum Gasteiger partial charge on any atom is -0.378 e. The molecule has 5 nitrogen and oxygen atoms in total. The molecule has 17 heavy (non-hydrogen) atoms. The quantitative estimate of drug-likeness (QED) is 0.854. The van der Waals surface area contributed by atoms with E-state index in [2.05, 4.69) is 10.1 Å². The molecular formula is C12H16N4O. The first-order valence-electron chi connectivity index (χ1n) is 6.01. The van der Waals surface area contributed by atoms with Crippen molar-refractivity contribution in [3.05, 3.63) is 29.7 Å². The van der Waals surface area contributed by atoms with E-state index in [4.69, 9.17) is 10.5 Å². The van der Waals surface area contributed by atoms with E-state index in [1.165, 1.54) is 0 Å². The normalized spacial score (nSPS) is 20.2. The Labute approximate surface area is 99.6 Å². The van der Waals surface area contributed by atoms with Crippen LogP contribution in [0.1, 0.15) is 24.2 Å². The van der Waals surface area contributed by atoms with Crippen LogP contribution < -0.4 is 5.73 Å². The van der Waals surface area contributed by atoms with E-state index < -0.39 is 0 Å². The first-order valence-corrected chi connectivity index (χ1v) is 6.01. The molecule has 1 saturated heterocycles. The van der Waals surface area contributed by atoms with Crippen LogP contribution >= 0.6 is 0 Å². The lowest BCUT2D eigenvalue weighted by molar-refractivity contribution is 0.110. The van der Waals surface area contributed by atoms with Gasteiger partial charge in [-0.15, -0.1) is 0 Å². The predicted molar refractivity (Wildman–Crippen MR) is 63.6 cm³/mol. The van der Waals surface area contributed by atoms with Crippen LogP contribution in [0, 0.1) is 0 Å². The molecule has 0 aromatic carbocycles. The van der Waals surface area contributed by atoms with Crippen molar-refractivity contribution in [3.8, 4) is 0 Å². The van der Waals surface area contributed by atoms with Crippen molar-refractivity contribution < 1.29 is 4.74 Å². The van der Waals surface area contributed by atoms with E-state index in [0.717, 1.165) is 42.9 Å². The highest BCUT2D eigenvalue weighted by Crippen LogP contribution is 2.16. The number of pyridine rings is 1. The summed E-state index contributed by atoms with van der Waals surface area (Å²) in [5.74, 6) is 0.845. The third kappa shape index (κ3) is 2.03. The summed E-state index contributed by atoms with van der Waals surface area (Å²) in [5.41, 5.74) is 7.57. The van der Waals surface area contributed by atoms with E-state index in [1.807, 2.05) is 18.3 Å². The van der Waals surface area contributed by atoms with Crippen molar-refractivity contribution in [2.75, 3.05) is 6.61 Å². The van der Waals surface area contributed by atoms with Crippen LogP contribution in [0.4, 0.5) is 0 Å². The molecule has 3 rings (SSSR count). The van der Waals surface area contributed by atoms with Gasteiger partial charge in [0.15, 0.2) is 11.5 Å². The first kappa shape index (κ1) is 10.7. The molecule has 0 bridgehead atoms. The number of hydrogen-bond donors (Lipinski definition) is 1. The molecule has 0 saturated carbocycles. The van der Waals surface area contributed by atoms with Crippen LogP contribution in [0.15, 0.2) is 18.3 Å². The Kier molecular flexibility index (Phi) is 2.78. The van der Waals surface area contributed by atoms with Gasteiger partial charge in [0.2, 0.25) is 0 Å². The van der Waals surface area contributed by atoms with Crippen LogP contribution in [0.25, 0.3) is 5.65 Å². The van der Waals surface area contributed by atoms with Crippen LogP contribution in [0.5, 0.6) is 0 Å². The molecular weight excluding hydrogens is 216 g/mol. The second kappa shape index (κ2) is 4.43. The standard InChI is InChI=1S/C12H16N4O/c13-8-9-3-1-5-16-12(9)14-11(15-16)7-10-4-2-6-17-10/h1,3,5,10H,2,4,6-8,13H2. The molecule has 2 N–H and O–H groups in total. The van der Waals surface area contributed by atoms with Gasteiger partial charge in [-0.3, -0.25) is 0 Å². The van der Waals surface area contributed by atoms with Crippen LogP contribution in [0.2, 0.25) is 0 Å². The Bertz CT molecular complexity index is 516. The van der Waals surface area contributed by atoms with E-state index >= 15 is 0 Å². The van der Waals surface area contributed by atoms with Gasteiger partial charge in [-0.05, 0) is 18.9 Å². The molecule has 1 fully saturated rings. The van der Waals surface area contributed by atoms with Gasteiger partial charge in [0.05, 0.1) is 6.10 Å². The Morgan fingerprint density at radius 1 is 1.53 bits per heavy atom. The Hall–Kier alpha value is -1.46. The van der Waals surface area contributed by atoms with Gasteiger partial charge in [-0.2, -0.15) is 5.10 Å². The number of aromatic nitrogens is 3. The van der Waals surface area contributed by atoms with E-state index in [-0.39, 0.29) is 6.10 Å². The summed E-state index contributed by atoms with van der Waals surface area (Å²) >= 11 is 0. The van der Waals surface area contributed by atoms with E-state index in [1.54, 1.807) is 4.52 Å². The molecule has 1 unspecified atom stereocenters. The van der Waals surface area contributed by atoms with Gasteiger partial charge in [0.25, 0.3) is 0 Å². The van der Waals surface area contributed by atoms with Gasteiger partial charge >= 0.3 is 0 Å². The van der Waals surface area contributed by atoms with E-state index in [0.29, 0.717) is 6.54 Å². The smallest absolute Gasteiger partial charge is 0.160 e. The number of fused-ring (bicyclic) bond motifs is 1. The largest absolute Gasteiger partial charge is 0.378 e. The summed E-state index contributed by atoms with van der Waals surface area (Å²) in [6.45, 7) is 1.36. The van der Waals surface area contributed by atoms with Crippen molar-refractivity contribution in [2.45, 2.75) is 31.9 Å². The zero-order chi connectivity index (χ0) is 11.7. The van der Waals surface area contributed by atoms with Crippen molar-refractivity contribution in [1.82, 2.24) is 14.6 Å². The fourth-order valence-corrected chi connectivity index (χ4v) is 2.26. The SMILES string of the molecule is NCc1cccn2nc(CC3CCCO3)nc12. The minimum absolute atomic E-state index is 0.286. The zero-order valence-corrected chi connectivity index (χ0v) is 9.67. The van der Waals surface area contributed by atoms with Gasteiger partial charge in [-0.25, -0.2) is 9.50 Å². The lowest BCUT2D eigenvalue weighted by atomic mass is 10.2. The molecule has 90 valence electrons. The molecule has 0 radical (unpaired) electrons. The highest BCUT2D eigenvalue weighted by molar-refractivity contribution is 5.46. The molecule has 1 atom stereocenters. The lowest BCUT2D eigenvalue weighted by Gasteiger charge is -2.04. The highest BCUT2D eigenvalue weighted by Gasteiger charge is 2.18. The molecule has 0 spiro atoms. The summed E-state index contributed by atoms with van der Waals surface area (Å²) in [5, 5.41) is 4.45. The summed E-state index contributed by atoms with van der Waals surface area (Å²) in [6, 6.07) is 3.93.